The Morgan fingerprint density at radius 3 is 2.11 bits per heavy atom. The summed E-state index contributed by atoms with van der Waals surface area (Å²) in [5, 5.41) is 24.6. The lowest BCUT2D eigenvalue weighted by atomic mass is 9.95. The highest BCUT2D eigenvalue weighted by Crippen LogP contribution is 2.22. The average molecular weight is 513 g/mol. The van der Waals surface area contributed by atoms with Crippen LogP contribution in [0.4, 0.5) is 0 Å². The van der Waals surface area contributed by atoms with Gasteiger partial charge in [0.25, 0.3) is 0 Å². The standard InChI is InChI=1S/C26H36N6O5/c1-15-11-18(33)12-16(2)19(15)14-20(27)23(34)31-21(9-6-10-30-26(28)29)24(35)32-22(25(36)37)13-17-7-4-3-5-8-17/h3-5,7-8,11-12,20-22,33H,6,9-10,13-14,27H2,1-2H3,(H,31,34)(H,32,35)(H,36,37)(H4,28,29,30)/t20-,21+,22-/m0/s1. The van der Waals surface area contributed by atoms with Crippen LogP contribution in [0.25, 0.3) is 0 Å². The van der Waals surface area contributed by atoms with E-state index in [2.05, 4.69) is 15.6 Å². The average Bonchev–Trinajstić information content (AvgIpc) is 2.82. The number of carboxylic acids is 1. The Labute approximate surface area is 216 Å². The van der Waals surface area contributed by atoms with E-state index < -0.39 is 35.9 Å². The number of phenolic OH excluding ortho intramolecular Hbond substituents is 1. The number of phenols is 1. The summed E-state index contributed by atoms with van der Waals surface area (Å²) in [5.41, 5.74) is 20.0. The van der Waals surface area contributed by atoms with Gasteiger partial charge in [-0.25, -0.2) is 4.79 Å². The number of aromatic hydroxyl groups is 1. The number of guanidine groups is 1. The lowest BCUT2D eigenvalue weighted by molar-refractivity contribution is -0.142. The van der Waals surface area contributed by atoms with Crippen LogP contribution in [0.15, 0.2) is 47.5 Å². The van der Waals surface area contributed by atoms with Gasteiger partial charge in [-0.05, 0) is 67.5 Å². The van der Waals surface area contributed by atoms with Crippen molar-refractivity contribution in [1.29, 1.82) is 0 Å². The first kappa shape index (κ1) is 29.1. The number of carbonyl (C=O) groups excluding carboxylic acids is 2. The summed E-state index contributed by atoms with van der Waals surface area (Å²) in [5.74, 6) is -2.38. The number of aryl methyl sites for hydroxylation is 2. The highest BCUT2D eigenvalue weighted by atomic mass is 16.4. The number of nitrogens with one attached hydrogen (secondary N) is 2. The monoisotopic (exact) mass is 512 g/mol. The topological polar surface area (TPSA) is 206 Å². The lowest BCUT2D eigenvalue weighted by Gasteiger charge is -2.23. The fraction of sp³-hybridized carbons (Fsp3) is 0.385. The zero-order chi connectivity index (χ0) is 27.5. The quantitative estimate of drug-likeness (QED) is 0.112. The molecule has 0 fully saturated rings. The van der Waals surface area contributed by atoms with Crippen LogP contribution in [0.2, 0.25) is 0 Å². The molecule has 3 atom stereocenters. The molecule has 10 N–H and O–H groups in total. The van der Waals surface area contributed by atoms with Crippen LogP contribution in [0, 0.1) is 13.8 Å². The maximum absolute atomic E-state index is 13.1. The fourth-order valence-electron chi connectivity index (χ4n) is 3.98. The molecule has 0 heterocycles. The van der Waals surface area contributed by atoms with Gasteiger partial charge in [-0.15, -0.1) is 0 Å². The molecule has 0 saturated carbocycles. The fourth-order valence-corrected chi connectivity index (χ4v) is 3.98. The first-order valence-electron chi connectivity index (χ1n) is 12.0. The second-order valence-electron chi connectivity index (χ2n) is 8.97. The van der Waals surface area contributed by atoms with E-state index in [-0.39, 0.29) is 37.5 Å². The molecule has 2 aromatic rings. The highest BCUT2D eigenvalue weighted by molar-refractivity contribution is 5.92. The van der Waals surface area contributed by atoms with Crippen LogP contribution < -0.4 is 27.8 Å². The largest absolute Gasteiger partial charge is 0.508 e. The Morgan fingerprint density at radius 1 is 0.946 bits per heavy atom. The molecular formula is C26H36N6O5. The number of aliphatic imine (C=N–C) groups is 1. The molecule has 0 radical (unpaired) electrons. The minimum absolute atomic E-state index is 0.0789. The van der Waals surface area contributed by atoms with E-state index >= 15 is 0 Å². The Morgan fingerprint density at radius 2 is 1.54 bits per heavy atom. The van der Waals surface area contributed by atoms with E-state index in [1.807, 2.05) is 19.9 Å². The lowest BCUT2D eigenvalue weighted by Crippen LogP contribution is -2.55. The molecule has 0 saturated heterocycles. The number of benzene rings is 2. The maximum Gasteiger partial charge on any atom is 0.326 e. The molecule has 0 aliphatic carbocycles. The van der Waals surface area contributed by atoms with Crippen molar-refractivity contribution in [2.24, 2.45) is 22.2 Å². The smallest absolute Gasteiger partial charge is 0.326 e. The van der Waals surface area contributed by atoms with Crippen molar-refractivity contribution in [2.75, 3.05) is 6.54 Å². The minimum Gasteiger partial charge on any atom is -0.508 e. The Kier molecular flexibility index (Phi) is 10.9. The SMILES string of the molecule is Cc1cc(O)cc(C)c1C[C@H](N)C(=O)N[C@H](CCCN=C(N)N)C(=O)N[C@@H](Cc1ccccc1)C(=O)O. The molecule has 37 heavy (non-hydrogen) atoms. The van der Waals surface area contributed by atoms with Crippen LogP contribution in [-0.4, -0.2) is 58.6 Å². The molecule has 2 amide bonds. The van der Waals surface area contributed by atoms with Gasteiger partial charge in [0.15, 0.2) is 5.96 Å². The number of carbonyl (C=O) groups is 3. The molecule has 0 unspecified atom stereocenters. The van der Waals surface area contributed by atoms with Crippen molar-refractivity contribution in [3.05, 3.63) is 64.7 Å². The Hall–Kier alpha value is -4.12. The van der Waals surface area contributed by atoms with E-state index in [0.717, 1.165) is 22.3 Å². The third kappa shape index (κ3) is 9.45. The summed E-state index contributed by atoms with van der Waals surface area (Å²) >= 11 is 0. The first-order chi connectivity index (χ1) is 17.5. The molecule has 0 aliphatic rings. The van der Waals surface area contributed by atoms with Gasteiger partial charge >= 0.3 is 5.97 Å². The van der Waals surface area contributed by atoms with Gasteiger partial charge in [-0.3, -0.25) is 14.6 Å². The van der Waals surface area contributed by atoms with Crippen LogP contribution in [-0.2, 0) is 27.2 Å². The molecule has 11 nitrogen and oxygen atoms in total. The van der Waals surface area contributed by atoms with Crippen LogP contribution >= 0.6 is 0 Å². The van der Waals surface area contributed by atoms with Gasteiger partial charge in [0.2, 0.25) is 11.8 Å². The number of nitrogens with two attached hydrogens (primary N) is 3. The van der Waals surface area contributed by atoms with Gasteiger partial charge in [-0.1, -0.05) is 30.3 Å². The van der Waals surface area contributed by atoms with Crippen molar-refractivity contribution in [3.8, 4) is 5.75 Å². The molecule has 0 aliphatic heterocycles. The number of nitrogens with zero attached hydrogens (tertiary/aromatic N) is 1. The molecule has 200 valence electrons. The molecule has 0 aromatic heterocycles. The summed E-state index contributed by atoms with van der Waals surface area (Å²) in [6.45, 7) is 3.85. The number of rotatable bonds is 13. The van der Waals surface area contributed by atoms with Gasteiger partial charge in [0.1, 0.15) is 17.8 Å². The van der Waals surface area contributed by atoms with E-state index in [0.29, 0.717) is 6.42 Å². The zero-order valence-electron chi connectivity index (χ0n) is 21.1. The number of hydrogen-bond acceptors (Lipinski definition) is 6. The minimum atomic E-state index is -1.20. The first-order valence-corrected chi connectivity index (χ1v) is 12.0. The van der Waals surface area contributed by atoms with Crippen LogP contribution in [0.1, 0.15) is 35.1 Å². The van der Waals surface area contributed by atoms with Crippen molar-refractivity contribution in [3.63, 3.8) is 0 Å². The third-order valence-corrected chi connectivity index (χ3v) is 5.92. The second-order valence-corrected chi connectivity index (χ2v) is 8.97. The molecule has 0 spiro atoms. The molecule has 11 heteroatoms. The summed E-state index contributed by atoms with van der Waals surface area (Å²) in [4.78, 5) is 41.8. The van der Waals surface area contributed by atoms with Crippen LogP contribution in [0.5, 0.6) is 5.75 Å². The summed E-state index contributed by atoms with van der Waals surface area (Å²) in [6, 6.07) is 8.86. The highest BCUT2D eigenvalue weighted by Gasteiger charge is 2.28. The third-order valence-electron chi connectivity index (χ3n) is 5.92. The molecular weight excluding hydrogens is 476 g/mol. The predicted molar refractivity (Wildman–Crippen MR) is 141 cm³/mol. The van der Waals surface area contributed by atoms with Crippen molar-refractivity contribution in [2.45, 2.75) is 57.7 Å². The zero-order valence-corrected chi connectivity index (χ0v) is 21.1. The second kappa shape index (κ2) is 13.8. The van der Waals surface area contributed by atoms with E-state index in [4.69, 9.17) is 17.2 Å². The van der Waals surface area contributed by atoms with Crippen molar-refractivity contribution in [1.82, 2.24) is 10.6 Å². The van der Waals surface area contributed by atoms with Crippen molar-refractivity contribution < 1.29 is 24.6 Å². The Bertz CT molecular complexity index is 1090. The number of carboxylic acid groups (broad SMARTS) is 1. The maximum atomic E-state index is 13.1. The molecule has 2 rings (SSSR count). The van der Waals surface area contributed by atoms with Gasteiger partial charge < -0.3 is 38.0 Å². The normalized spacial score (nSPS) is 13.2. The van der Waals surface area contributed by atoms with Gasteiger partial charge in [0, 0.05) is 13.0 Å². The molecule has 0 bridgehead atoms. The number of amides is 2. The Balaban J connectivity index is 2.14. The van der Waals surface area contributed by atoms with Gasteiger partial charge in [-0.2, -0.15) is 0 Å². The summed E-state index contributed by atoms with van der Waals surface area (Å²) < 4.78 is 0. The van der Waals surface area contributed by atoms with Crippen LogP contribution in [0.3, 0.4) is 0 Å². The molecule has 2 aromatic carbocycles. The summed E-state index contributed by atoms with van der Waals surface area (Å²) in [6.07, 6.45) is 0.793. The van der Waals surface area contributed by atoms with E-state index in [1.54, 1.807) is 36.4 Å². The summed E-state index contributed by atoms with van der Waals surface area (Å²) in [7, 11) is 0. The van der Waals surface area contributed by atoms with Gasteiger partial charge in [0.05, 0.1) is 6.04 Å². The number of aliphatic carboxylic acids is 1. The van der Waals surface area contributed by atoms with E-state index in [1.165, 1.54) is 0 Å². The van der Waals surface area contributed by atoms with Crippen molar-refractivity contribution >= 4 is 23.7 Å². The van der Waals surface area contributed by atoms with E-state index in [9.17, 15) is 24.6 Å². The number of hydrogen-bond donors (Lipinski definition) is 7. The predicted octanol–water partition coefficient (Wildman–Crippen LogP) is 0.229.